The van der Waals surface area contributed by atoms with Gasteiger partial charge in [-0.3, -0.25) is 0 Å². The molecule has 23 heavy (non-hydrogen) atoms. The number of hydrogen-bond donors (Lipinski definition) is 1. The molecule has 3 aromatic rings. The minimum Gasteiger partial charge on any atom is -0.436 e. The van der Waals surface area contributed by atoms with Gasteiger partial charge in [-0.2, -0.15) is 5.26 Å². The van der Waals surface area contributed by atoms with E-state index in [1.165, 1.54) is 0 Å². The summed E-state index contributed by atoms with van der Waals surface area (Å²) in [5.41, 5.74) is 1.24. The molecule has 0 bridgehead atoms. The van der Waals surface area contributed by atoms with Crippen LogP contribution in [0.15, 0.2) is 48.8 Å². The Balaban J connectivity index is 1.79. The molecule has 6 heteroatoms. The zero-order chi connectivity index (χ0) is 16.1. The monoisotopic (exact) mass is 322 g/mol. The highest BCUT2D eigenvalue weighted by molar-refractivity contribution is 7.11. The molecule has 0 aliphatic rings. The molecule has 2 heterocycles. The average molecular weight is 322 g/mol. The Morgan fingerprint density at radius 3 is 2.87 bits per heavy atom. The van der Waals surface area contributed by atoms with Gasteiger partial charge < -0.3 is 10.1 Å². The van der Waals surface area contributed by atoms with Crippen molar-refractivity contribution in [3.8, 4) is 17.7 Å². The minimum atomic E-state index is 0.304. The molecule has 0 atom stereocenters. The second-order valence-electron chi connectivity index (χ2n) is 4.77. The Morgan fingerprint density at radius 2 is 2.09 bits per heavy atom. The molecule has 0 fully saturated rings. The van der Waals surface area contributed by atoms with Crippen LogP contribution in [0.4, 0.5) is 5.69 Å². The first-order valence-electron chi connectivity index (χ1n) is 7.03. The number of nitriles is 1. The lowest BCUT2D eigenvalue weighted by molar-refractivity contribution is 0.463. The van der Waals surface area contributed by atoms with Gasteiger partial charge >= 0.3 is 0 Å². The summed E-state index contributed by atoms with van der Waals surface area (Å²) in [7, 11) is 0. The van der Waals surface area contributed by atoms with Crippen molar-refractivity contribution in [3.05, 3.63) is 64.2 Å². The van der Waals surface area contributed by atoms with Gasteiger partial charge in [-0.25, -0.2) is 9.97 Å². The van der Waals surface area contributed by atoms with Crippen molar-refractivity contribution in [2.75, 3.05) is 5.32 Å². The van der Waals surface area contributed by atoms with Gasteiger partial charge in [-0.15, -0.1) is 11.3 Å². The van der Waals surface area contributed by atoms with E-state index in [0.29, 0.717) is 23.7 Å². The van der Waals surface area contributed by atoms with E-state index < -0.39 is 0 Å². The van der Waals surface area contributed by atoms with Crippen molar-refractivity contribution in [1.29, 1.82) is 5.26 Å². The molecule has 0 radical (unpaired) electrons. The second kappa shape index (κ2) is 6.90. The summed E-state index contributed by atoms with van der Waals surface area (Å²) in [4.78, 5) is 9.52. The average Bonchev–Trinajstić information content (AvgIpc) is 3.00. The second-order valence-corrected chi connectivity index (χ2v) is 6.08. The van der Waals surface area contributed by atoms with Crippen LogP contribution in [0, 0.1) is 18.3 Å². The molecule has 0 unspecified atom stereocenters. The van der Waals surface area contributed by atoms with Crippen LogP contribution in [0.1, 0.15) is 15.4 Å². The third-order valence-electron chi connectivity index (χ3n) is 3.11. The molecule has 0 saturated carbocycles. The number of ether oxygens (including phenoxy) is 1. The number of para-hydroxylation sites is 2. The van der Waals surface area contributed by atoms with E-state index in [0.717, 1.165) is 15.6 Å². The number of aryl methyl sites for hydroxylation is 1. The van der Waals surface area contributed by atoms with Gasteiger partial charge in [0.1, 0.15) is 11.6 Å². The van der Waals surface area contributed by atoms with Crippen molar-refractivity contribution in [2.45, 2.75) is 13.5 Å². The number of nitrogens with zero attached hydrogens (tertiary/aromatic N) is 3. The van der Waals surface area contributed by atoms with Crippen LogP contribution in [0.3, 0.4) is 0 Å². The maximum absolute atomic E-state index is 9.13. The molecule has 1 aromatic carbocycles. The van der Waals surface area contributed by atoms with Gasteiger partial charge in [0.15, 0.2) is 5.75 Å². The molecule has 0 aliphatic heterocycles. The predicted molar refractivity (Wildman–Crippen MR) is 89.6 cm³/mol. The lowest BCUT2D eigenvalue weighted by Gasteiger charge is -2.12. The standard InChI is InChI=1S/C17H14N4OS/c1-12-20-10-14(23-12)11-21-15-6-2-3-7-16(15)22-17-13(9-18)5-4-8-19-17/h2-8,10,21H,11H2,1H3. The third-order valence-corrected chi connectivity index (χ3v) is 4.02. The van der Waals surface area contributed by atoms with Crippen LogP contribution < -0.4 is 10.1 Å². The topological polar surface area (TPSA) is 70.8 Å². The van der Waals surface area contributed by atoms with Crippen molar-refractivity contribution in [3.63, 3.8) is 0 Å². The van der Waals surface area contributed by atoms with E-state index in [1.54, 1.807) is 29.7 Å². The Bertz CT molecular complexity index is 854. The van der Waals surface area contributed by atoms with Gasteiger partial charge in [-0.1, -0.05) is 12.1 Å². The quantitative estimate of drug-likeness (QED) is 0.765. The maximum atomic E-state index is 9.13. The fraction of sp³-hybridized carbons (Fsp3) is 0.118. The van der Waals surface area contributed by atoms with Crippen LogP contribution in [0.2, 0.25) is 0 Å². The Hall–Kier alpha value is -2.91. The highest BCUT2D eigenvalue weighted by Gasteiger charge is 2.09. The van der Waals surface area contributed by atoms with E-state index in [-0.39, 0.29) is 0 Å². The smallest absolute Gasteiger partial charge is 0.237 e. The van der Waals surface area contributed by atoms with Crippen LogP contribution in [-0.2, 0) is 6.54 Å². The first kappa shape index (κ1) is 15.0. The van der Waals surface area contributed by atoms with Gasteiger partial charge in [-0.05, 0) is 31.2 Å². The molecule has 1 N–H and O–H groups in total. The summed E-state index contributed by atoms with van der Waals surface area (Å²) in [6.07, 6.45) is 3.47. The first-order chi connectivity index (χ1) is 11.3. The highest BCUT2D eigenvalue weighted by atomic mass is 32.1. The SMILES string of the molecule is Cc1ncc(CNc2ccccc2Oc2ncccc2C#N)s1. The predicted octanol–water partition coefficient (Wildman–Crippen LogP) is 4.12. The number of rotatable bonds is 5. The normalized spacial score (nSPS) is 10.1. The lowest BCUT2D eigenvalue weighted by atomic mass is 10.2. The summed E-state index contributed by atoms with van der Waals surface area (Å²) in [5.74, 6) is 0.932. The number of hydrogen-bond acceptors (Lipinski definition) is 6. The molecule has 5 nitrogen and oxygen atoms in total. The molecule has 0 aliphatic carbocycles. The van der Waals surface area contributed by atoms with E-state index in [2.05, 4.69) is 21.4 Å². The largest absolute Gasteiger partial charge is 0.436 e. The summed E-state index contributed by atoms with van der Waals surface area (Å²) < 4.78 is 5.82. The zero-order valence-corrected chi connectivity index (χ0v) is 13.3. The van der Waals surface area contributed by atoms with Gasteiger partial charge in [0, 0.05) is 17.3 Å². The van der Waals surface area contributed by atoms with Gasteiger partial charge in [0.2, 0.25) is 5.88 Å². The van der Waals surface area contributed by atoms with E-state index in [9.17, 15) is 0 Å². The molecule has 114 valence electrons. The number of benzene rings is 1. The van der Waals surface area contributed by atoms with E-state index >= 15 is 0 Å². The number of nitrogens with one attached hydrogen (secondary N) is 1. The van der Waals surface area contributed by atoms with Crippen LogP contribution in [0.5, 0.6) is 11.6 Å². The molecular formula is C17H14N4OS. The number of thiazole rings is 1. The highest BCUT2D eigenvalue weighted by Crippen LogP contribution is 2.30. The van der Waals surface area contributed by atoms with Crippen LogP contribution in [-0.4, -0.2) is 9.97 Å². The van der Waals surface area contributed by atoms with Crippen molar-refractivity contribution in [2.24, 2.45) is 0 Å². The first-order valence-corrected chi connectivity index (χ1v) is 7.85. The summed E-state index contributed by atoms with van der Waals surface area (Å²) in [6, 6.07) is 13.1. The fourth-order valence-corrected chi connectivity index (χ4v) is 2.77. The van der Waals surface area contributed by atoms with E-state index in [1.807, 2.05) is 37.4 Å². The van der Waals surface area contributed by atoms with Gasteiger partial charge in [0.05, 0.1) is 17.2 Å². The zero-order valence-electron chi connectivity index (χ0n) is 12.5. The lowest BCUT2D eigenvalue weighted by Crippen LogP contribution is -2.00. The summed E-state index contributed by atoms with van der Waals surface area (Å²) in [6.45, 7) is 2.65. The Labute approximate surface area is 138 Å². The van der Waals surface area contributed by atoms with Gasteiger partial charge in [0.25, 0.3) is 0 Å². The molecule has 2 aromatic heterocycles. The summed E-state index contributed by atoms with van der Waals surface area (Å²) >= 11 is 1.65. The number of pyridine rings is 1. The van der Waals surface area contributed by atoms with E-state index in [4.69, 9.17) is 10.00 Å². The molecule has 3 rings (SSSR count). The molecular weight excluding hydrogens is 308 g/mol. The Morgan fingerprint density at radius 1 is 1.22 bits per heavy atom. The molecule has 0 saturated heterocycles. The Kier molecular flexibility index (Phi) is 4.50. The third kappa shape index (κ3) is 3.65. The fourth-order valence-electron chi connectivity index (χ4n) is 2.03. The van der Waals surface area contributed by atoms with Crippen molar-refractivity contribution >= 4 is 17.0 Å². The molecule has 0 spiro atoms. The maximum Gasteiger partial charge on any atom is 0.237 e. The number of aromatic nitrogens is 2. The van der Waals surface area contributed by atoms with Crippen molar-refractivity contribution < 1.29 is 4.74 Å². The summed E-state index contributed by atoms with van der Waals surface area (Å²) in [5, 5.41) is 13.5. The van der Waals surface area contributed by atoms with Crippen molar-refractivity contribution in [1.82, 2.24) is 9.97 Å². The number of anilines is 1. The molecule has 0 amide bonds. The van der Waals surface area contributed by atoms with Crippen LogP contribution >= 0.6 is 11.3 Å². The minimum absolute atomic E-state index is 0.304. The van der Waals surface area contributed by atoms with Crippen LogP contribution in [0.25, 0.3) is 0 Å².